The molecule has 13 heteroatoms. The number of rotatable bonds is 11. The number of aryl methyl sites for hydroxylation is 1. The van der Waals surface area contributed by atoms with Crippen LogP contribution in [0.25, 0.3) is 10.9 Å². The molecule has 6 N–H and O–H groups in total. The van der Waals surface area contributed by atoms with E-state index in [0.29, 0.717) is 17.7 Å². The summed E-state index contributed by atoms with van der Waals surface area (Å²) in [6.45, 7) is 6.96. The highest BCUT2D eigenvalue weighted by molar-refractivity contribution is 5.98. The molecule has 46 heavy (non-hydrogen) atoms. The number of benzene rings is 2. The van der Waals surface area contributed by atoms with E-state index in [1.54, 1.807) is 45.0 Å². The van der Waals surface area contributed by atoms with E-state index in [4.69, 9.17) is 10.5 Å². The lowest BCUT2D eigenvalue weighted by Gasteiger charge is -2.39. The van der Waals surface area contributed by atoms with Crippen molar-refractivity contribution >= 4 is 34.7 Å². The number of amides is 4. The number of alkyl halides is 3. The first kappa shape index (κ1) is 34.3. The molecule has 0 unspecified atom stereocenters. The molecule has 0 bridgehead atoms. The summed E-state index contributed by atoms with van der Waals surface area (Å²) in [5.74, 6) is -2.94. The van der Waals surface area contributed by atoms with Gasteiger partial charge in [0, 0.05) is 17.5 Å². The summed E-state index contributed by atoms with van der Waals surface area (Å²) in [6, 6.07) is 10.6. The second kappa shape index (κ2) is 13.8. The molecule has 1 aliphatic rings. The van der Waals surface area contributed by atoms with E-state index in [9.17, 15) is 32.3 Å². The second-order valence-corrected chi connectivity index (χ2v) is 12.2. The summed E-state index contributed by atoms with van der Waals surface area (Å²) >= 11 is 0. The summed E-state index contributed by atoms with van der Waals surface area (Å²) in [4.78, 5) is 56.0. The van der Waals surface area contributed by atoms with Crippen molar-refractivity contribution in [1.29, 1.82) is 0 Å². The van der Waals surface area contributed by atoms with E-state index in [1.165, 1.54) is 12.1 Å². The zero-order chi connectivity index (χ0) is 33.8. The van der Waals surface area contributed by atoms with Crippen LogP contribution in [-0.4, -0.2) is 46.4 Å². The van der Waals surface area contributed by atoms with E-state index in [2.05, 4.69) is 20.9 Å². The van der Waals surface area contributed by atoms with E-state index < -0.39 is 53.2 Å². The van der Waals surface area contributed by atoms with Crippen LogP contribution in [0, 0.1) is 11.8 Å². The topological polar surface area (TPSA) is 155 Å². The molecule has 10 nitrogen and oxygen atoms in total. The number of nitrogens with two attached hydrogens (primary N) is 1. The number of alkyl carbamates (subject to hydrolysis) is 1. The lowest BCUT2D eigenvalue weighted by molar-refractivity contribution is -0.137. The maximum Gasteiger partial charge on any atom is 0.418 e. The molecule has 1 aliphatic carbocycles. The molecule has 1 aromatic heterocycles. The van der Waals surface area contributed by atoms with Crippen molar-refractivity contribution in [3.63, 3.8) is 0 Å². The van der Waals surface area contributed by atoms with E-state index >= 15 is 0 Å². The SMILES string of the molecule is CC[C@H](C)[C@H](NC(=O)OCc1ccccc1)C(=O)N[C@]1(C(=O)N[C@H](C(N)=O)C(C)C)CCc2[nH]c3c(C(F)(F)F)cccc3c2C1. The van der Waals surface area contributed by atoms with Crippen molar-refractivity contribution in [1.82, 2.24) is 20.9 Å². The van der Waals surface area contributed by atoms with Gasteiger partial charge in [-0.2, -0.15) is 13.2 Å². The molecular weight excluding hydrogens is 603 g/mol. The fraction of sp³-hybridized carbons (Fsp3) is 0.455. The monoisotopic (exact) mass is 643 g/mol. The van der Waals surface area contributed by atoms with Crippen LogP contribution >= 0.6 is 0 Å². The van der Waals surface area contributed by atoms with Crippen LogP contribution < -0.4 is 21.7 Å². The number of nitrogens with one attached hydrogen (secondary N) is 4. The molecule has 0 fully saturated rings. The van der Waals surface area contributed by atoms with Gasteiger partial charge in [-0.1, -0.05) is 76.6 Å². The Bertz CT molecular complexity index is 1590. The third-order valence-corrected chi connectivity index (χ3v) is 8.65. The third-order valence-electron chi connectivity index (χ3n) is 8.65. The Morgan fingerprint density at radius 2 is 1.70 bits per heavy atom. The third kappa shape index (κ3) is 7.45. The van der Waals surface area contributed by atoms with Crippen molar-refractivity contribution in [3.8, 4) is 0 Å². The smallest absolute Gasteiger partial charge is 0.418 e. The standard InChI is InChI=1S/C33H40F3N5O5/c1-5-19(4)26(40-31(45)46-17-20-10-7-6-8-11-20)29(43)41-32(30(44)39-25(18(2)3)28(37)42)15-14-24-22(16-32)21-12-9-13-23(27(21)38-24)33(34,35)36/h6-13,18-19,25-26,38H,5,14-17H2,1-4H3,(H2,37,42)(H,39,44)(H,40,45)(H,41,43)/t19-,25-,26-,32+/m0/s1. The largest absolute Gasteiger partial charge is 0.445 e. The minimum Gasteiger partial charge on any atom is -0.445 e. The van der Waals surface area contributed by atoms with Gasteiger partial charge < -0.3 is 31.4 Å². The fourth-order valence-corrected chi connectivity index (χ4v) is 5.82. The predicted molar refractivity (Wildman–Crippen MR) is 165 cm³/mol. The Hall–Kier alpha value is -4.55. The number of para-hydroxylation sites is 1. The number of aromatic nitrogens is 1. The van der Waals surface area contributed by atoms with Crippen LogP contribution in [0.1, 0.15) is 62.9 Å². The van der Waals surface area contributed by atoms with E-state index in [-0.39, 0.29) is 48.6 Å². The lowest BCUT2D eigenvalue weighted by Crippen LogP contribution is -2.67. The zero-order valence-electron chi connectivity index (χ0n) is 26.2. The molecule has 0 aliphatic heterocycles. The van der Waals surface area contributed by atoms with Crippen LogP contribution in [0.15, 0.2) is 48.5 Å². The van der Waals surface area contributed by atoms with E-state index in [0.717, 1.165) is 11.6 Å². The number of ether oxygens (including phenoxy) is 1. The average Bonchev–Trinajstić information content (AvgIpc) is 3.38. The number of aromatic amines is 1. The fourth-order valence-electron chi connectivity index (χ4n) is 5.82. The Labute approximate surface area is 265 Å². The Kier molecular flexibility index (Phi) is 10.3. The molecule has 1 heterocycles. The maximum atomic E-state index is 14.1. The van der Waals surface area contributed by atoms with Gasteiger partial charge in [0.2, 0.25) is 17.7 Å². The van der Waals surface area contributed by atoms with Crippen LogP contribution in [0.5, 0.6) is 0 Å². The molecule has 0 saturated heterocycles. The van der Waals surface area contributed by atoms with Gasteiger partial charge in [0.05, 0.1) is 11.1 Å². The van der Waals surface area contributed by atoms with Gasteiger partial charge in [0.1, 0.15) is 24.2 Å². The number of halogens is 3. The van der Waals surface area contributed by atoms with Crippen molar-refractivity contribution in [2.45, 2.75) is 83.8 Å². The minimum atomic E-state index is -4.62. The molecule has 0 radical (unpaired) electrons. The second-order valence-electron chi connectivity index (χ2n) is 12.2. The summed E-state index contributed by atoms with van der Waals surface area (Å²) in [7, 11) is 0. The van der Waals surface area contributed by atoms with Gasteiger partial charge >= 0.3 is 12.3 Å². The van der Waals surface area contributed by atoms with Crippen molar-refractivity contribution in [3.05, 3.63) is 70.9 Å². The molecule has 2 aromatic carbocycles. The first-order valence-corrected chi connectivity index (χ1v) is 15.3. The maximum absolute atomic E-state index is 14.1. The summed E-state index contributed by atoms with van der Waals surface area (Å²) < 4.78 is 46.9. The summed E-state index contributed by atoms with van der Waals surface area (Å²) in [5, 5.41) is 8.40. The Morgan fingerprint density at radius 1 is 1.00 bits per heavy atom. The number of carbonyl (C=O) groups excluding carboxylic acids is 4. The van der Waals surface area contributed by atoms with Crippen LogP contribution in [0.2, 0.25) is 0 Å². The highest BCUT2D eigenvalue weighted by Crippen LogP contribution is 2.40. The van der Waals surface area contributed by atoms with Gasteiger partial charge in [0.15, 0.2) is 0 Å². The molecule has 4 amide bonds. The average molecular weight is 644 g/mol. The van der Waals surface area contributed by atoms with Crippen LogP contribution in [0.4, 0.5) is 18.0 Å². The summed E-state index contributed by atoms with van der Waals surface area (Å²) in [6.07, 6.45) is -5.01. The zero-order valence-corrected chi connectivity index (χ0v) is 26.2. The molecule has 4 atom stereocenters. The number of H-pyrrole nitrogens is 1. The van der Waals surface area contributed by atoms with Gasteiger partial charge in [-0.15, -0.1) is 0 Å². The van der Waals surface area contributed by atoms with Gasteiger partial charge in [0.25, 0.3) is 0 Å². The van der Waals surface area contributed by atoms with Crippen molar-refractivity contribution in [2.75, 3.05) is 0 Å². The lowest BCUT2D eigenvalue weighted by atomic mass is 9.78. The number of primary amides is 1. The number of fused-ring (bicyclic) bond motifs is 3. The van der Waals surface area contributed by atoms with Crippen LogP contribution in [0.3, 0.4) is 0 Å². The molecule has 0 saturated carbocycles. The molecule has 4 rings (SSSR count). The first-order valence-electron chi connectivity index (χ1n) is 15.3. The normalized spacial score (nSPS) is 18.3. The van der Waals surface area contributed by atoms with Crippen molar-refractivity contribution < 1.29 is 37.1 Å². The highest BCUT2D eigenvalue weighted by atomic mass is 19.4. The van der Waals surface area contributed by atoms with Crippen molar-refractivity contribution in [2.24, 2.45) is 17.6 Å². The van der Waals surface area contributed by atoms with Gasteiger partial charge in [-0.3, -0.25) is 14.4 Å². The van der Waals surface area contributed by atoms with Gasteiger partial charge in [-0.25, -0.2) is 4.79 Å². The Morgan fingerprint density at radius 3 is 2.30 bits per heavy atom. The molecule has 3 aromatic rings. The number of carbonyl (C=O) groups is 4. The number of hydrogen-bond donors (Lipinski definition) is 5. The summed E-state index contributed by atoms with van der Waals surface area (Å²) in [5.41, 5.74) is 4.63. The minimum absolute atomic E-state index is 0.000995. The Balaban J connectivity index is 1.68. The molecule has 248 valence electrons. The van der Waals surface area contributed by atoms with Crippen LogP contribution in [-0.2, 0) is 44.7 Å². The van der Waals surface area contributed by atoms with Gasteiger partial charge in [-0.05, 0) is 41.9 Å². The van der Waals surface area contributed by atoms with E-state index in [1.807, 2.05) is 13.0 Å². The predicted octanol–water partition coefficient (Wildman–Crippen LogP) is 4.50. The molecular formula is C33H40F3N5O5. The quantitative estimate of drug-likeness (QED) is 0.208. The number of hydrogen-bond acceptors (Lipinski definition) is 5. The highest BCUT2D eigenvalue weighted by Gasteiger charge is 2.47. The first-order chi connectivity index (χ1) is 21.7. The molecule has 0 spiro atoms.